The summed E-state index contributed by atoms with van der Waals surface area (Å²) >= 11 is 7.43. The van der Waals surface area contributed by atoms with Gasteiger partial charge in [-0.25, -0.2) is 4.98 Å². The number of carboxylic acid groups (broad SMARTS) is 1. The van der Waals surface area contributed by atoms with E-state index in [4.69, 9.17) is 16.6 Å². The van der Waals surface area contributed by atoms with Crippen molar-refractivity contribution in [1.29, 1.82) is 0 Å². The Bertz CT molecular complexity index is 1480. The smallest absolute Gasteiger partial charge is 0.307 e. The van der Waals surface area contributed by atoms with Crippen LogP contribution >= 0.6 is 22.9 Å². The summed E-state index contributed by atoms with van der Waals surface area (Å²) in [6.45, 7) is 7.17. The predicted octanol–water partition coefficient (Wildman–Crippen LogP) is 5.57. The Morgan fingerprint density at radius 1 is 1.27 bits per heavy atom. The van der Waals surface area contributed by atoms with Gasteiger partial charge in [-0.15, -0.1) is 0 Å². The number of hydrogen-bond donors (Lipinski definition) is 1. The first-order chi connectivity index (χ1) is 15.8. The predicted molar refractivity (Wildman–Crippen MR) is 134 cm³/mol. The van der Waals surface area contributed by atoms with Gasteiger partial charge in [0.15, 0.2) is 5.13 Å². The van der Waals surface area contributed by atoms with Gasteiger partial charge >= 0.3 is 5.97 Å². The summed E-state index contributed by atoms with van der Waals surface area (Å²) in [6, 6.07) is 11.0. The fraction of sp³-hybridized carbons (Fsp3) is 0.120. The molecular weight excluding hydrogens is 458 g/mol. The van der Waals surface area contributed by atoms with Crippen LogP contribution in [0.3, 0.4) is 0 Å². The SMILES string of the molecule is C=C/N=C\c1ccn(-c2nc3cc(C)c(CC(=O)O)c(-c4ccc(Cl)cc4)c3s2)c(=O)c1C. The molecule has 0 aliphatic heterocycles. The van der Waals surface area contributed by atoms with Crippen LogP contribution in [0.2, 0.25) is 5.02 Å². The second-order valence-electron chi connectivity index (χ2n) is 7.50. The molecule has 0 unspecified atom stereocenters. The van der Waals surface area contributed by atoms with Crippen LogP contribution in [0.5, 0.6) is 0 Å². The second kappa shape index (κ2) is 9.13. The third kappa shape index (κ3) is 4.37. The Morgan fingerprint density at radius 2 is 2.00 bits per heavy atom. The molecule has 0 aliphatic carbocycles. The van der Waals surface area contributed by atoms with Crippen molar-refractivity contribution in [2.75, 3.05) is 0 Å². The molecule has 0 amide bonds. The lowest BCUT2D eigenvalue weighted by molar-refractivity contribution is -0.136. The van der Waals surface area contributed by atoms with E-state index in [2.05, 4.69) is 11.6 Å². The summed E-state index contributed by atoms with van der Waals surface area (Å²) in [6.07, 6.45) is 4.55. The monoisotopic (exact) mass is 477 g/mol. The molecule has 33 heavy (non-hydrogen) atoms. The molecule has 0 bridgehead atoms. The molecule has 0 radical (unpaired) electrons. The molecule has 166 valence electrons. The number of hydrogen-bond acceptors (Lipinski definition) is 5. The second-order valence-corrected chi connectivity index (χ2v) is 8.92. The third-order valence-electron chi connectivity index (χ3n) is 5.36. The lowest BCUT2D eigenvalue weighted by atomic mass is 9.93. The van der Waals surface area contributed by atoms with Crippen LogP contribution in [0.25, 0.3) is 26.5 Å². The Labute approximate surface area is 199 Å². The van der Waals surface area contributed by atoms with Crippen LogP contribution in [-0.4, -0.2) is 26.8 Å². The summed E-state index contributed by atoms with van der Waals surface area (Å²) in [5, 5.41) is 10.6. The fourth-order valence-electron chi connectivity index (χ4n) is 3.70. The number of fused-ring (bicyclic) bond motifs is 1. The molecule has 0 spiro atoms. The van der Waals surface area contributed by atoms with E-state index in [1.54, 1.807) is 37.5 Å². The van der Waals surface area contributed by atoms with E-state index in [0.29, 0.717) is 32.4 Å². The highest BCUT2D eigenvalue weighted by atomic mass is 35.5. The first kappa shape index (κ1) is 22.6. The maximum atomic E-state index is 13.1. The van der Waals surface area contributed by atoms with Gasteiger partial charge < -0.3 is 5.11 Å². The van der Waals surface area contributed by atoms with Crippen LogP contribution in [0.15, 0.2) is 65.2 Å². The average molecular weight is 478 g/mol. The molecule has 8 heteroatoms. The summed E-state index contributed by atoms with van der Waals surface area (Å²) in [7, 11) is 0. The van der Waals surface area contributed by atoms with Crippen molar-refractivity contribution in [2.45, 2.75) is 20.3 Å². The zero-order chi connectivity index (χ0) is 23.7. The van der Waals surface area contributed by atoms with Crippen LogP contribution in [-0.2, 0) is 11.2 Å². The molecule has 0 aliphatic rings. The standard InChI is InChI=1S/C25H20ClN3O3S/c1-4-27-13-17-9-10-29(24(32)15(17)3)25-28-20-11-14(2)19(12-21(30)31)22(23(20)33-25)16-5-7-18(26)8-6-16/h4-11,13H,1,12H2,2-3H3,(H,30,31)/b27-13-. The van der Waals surface area contributed by atoms with E-state index < -0.39 is 5.97 Å². The van der Waals surface area contributed by atoms with Crippen molar-refractivity contribution < 1.29 is 9.90 Å². The number of halogens is 1. The summed E-state index contributed by atoms with van der Waals surface area (Å²) in [5.41, 5.74) is 4.94. The minimum absolute atomic E-state index is 0.122. The minimum atomic E-state index is -0.916. The normalized spacial score (nSPS) is 11.4. The van der Waals surface area contributed by atoms with Crippen molar-refractivity contribution >= 4 is 45.3 Å². The number of carboxylic acids is 1. The van der Waals surface area contributed by atoms with Gasteiger partial charge in [-0.3, -0.25) is 19.1 Å². The summed E-state index contributed by atoms with van der Waals surface area (Å²) in [5.74, 6) is -0.916. The zero-order valence-corrected chi connectivity index (χ0v) is 19.6. The Balaban J connectivity index is 1.97. The number of aliphatic imine (C=N–C) groups is 1. The maximum absolute atomic E-state index is 13.1. The maximum Gasteiger partial charge on any atom is 0.307 e. The molecule has 2 heterocycles. The molecule has 4 aromatic rings. The van der Waals surface area contributed by atoms with E-state index in [-0.39, 0.29) is 12.0 Å². The fourth-order valence-corrected chi connectivity index (χ4v) is 4.95. The van der Waals surface area contributed by atoms with Gasteiger partial charge in [0.05, 0.1) is 16.6 Å². The van der Waals surface area contributed by atoms with E-state index in [9.17, 15) is 14.7 Å². The van der Waals surface area contributed by atoms with Crippen molar-refractivity contribution in [3.63, 3.8) is 0 Å². The molecule has 6 nitrogen and oxygen atoms in total. The summed E-state index contributed by atoms with van der Waals surface area (Å²) < 4.78 is 2.32. The molecule has 0 saturated heterocycles. The molecule has 0 saturated carbocycles. The number of aromatic nitrogens is 2. The van der Waals surface area contributed by atoms with Crippen molar-refractivity contribution in [2.24, 2.45) is 4.99 Å². The number of pyridine rings is 1. The van der Waals surface area contributed by atoms with Crippen LogP contribution < -0.4 is 5.56 Å². The number of aliphatic carboxylic acids is 1. The number of benzene rings is 2. The van der Waals surface area contributed by atoms with E-state index >= 15 is 0 Å². The molecule has 2 aromatic carbocycles. The lowest BCUT2D eigenvalue weighted by Crippen LogP contribution is -2.21. The molecule has 1 N–H and O–H groups in total. The van der Waals surface area contributed by atoms with Crippen LogP contribution in [0.1, 0.15) is 22.3 Å². The van der Waals surface area contributed by atoms with E-state index in [1.807, 2.05) is 25.1 Å². The molecule has 2 aromatic heterocycles. The van der Waals surface area contributed by atoms with Crippen molar-refractivity contribution in [3.8, 4) is 16.3 Å². The highest BCUT2D eigenvalue weighted by molar-refractivity contribution is 7.21. The minimum Gasteiger partial charge on any atom is -0.481 e. The van der Waals surface area contributed by atoms with Gasteiger partial charge in [-0.2, -0.15) is 0 Å². The Morgan fingerprint density at radius 3 is 2.67 bits per heavy atom. The van der Waals surface area contributed by atoms with Crippen LogP contribution in [0.4, 0.5) is 0 Å². The molecule has 0 fully saturated rings. The molecular formula is C25H20ClN3O3S. The largest absolute Gasteiger partial charge is 0.481 e. The van der Waals surface area contributed by atoms with Gasteiger partial charge in [0.2, 0.25) is 0 Å². The lowest BCUT2D eigenvalue weighted by Gasteiger charge is -2.13. The summed E-state index contributed by atoms with van der Waals surface area (Å²) in [4.78, 5) is 33.4. The third-order valence-corrected chi connectivity index (χ3v) is 6.70. The number of aryl methyl sites for hydroxylation is 1. The van der Waals surface area contributed by atoms with Crippen molar-refractivity contribution in [1.82, 2.24) is 9.55 Å². The van der Waals surface area contributed by atoms with E-state index in [1.165, 1.54) is 22.1 Å². The van der Waals surface area contributed by atoms with Gasteiger partial charge in [0.25, 0.3) is 5.56 Å². The Kier molecular flexibility index (Phi) is 6.26. The molecule has 0 atom stereocenters. The number of carbonyl (C=O) groups is 1. The highest BCUT2D eigenvalue weighted by Crippen LogP contribution is 2.39. The van der Waals surface area contributed by atoms with Gasteiger partial charge in [0.1, 0.15) is 0 Å². The number of nitrogens with zero attached hydrogens (tertiary/aromatic N) is 3. The first-order valence-corrected chi connectivity index (χ1v) is 11.3. The topological polar surface area (TPSA) is 84.6 Å². The first-order valence-electron chi connectivity index (χ1n) is 10.1. The zero-order valence-electron chi connectivity index (χ0n) is 18.0. The number of thiazole rings is 1. The van der Waals surface area contributed by atoms with Gasteiger partial charge in [-0.05, 0) is 54.8 Å². The molecule has 4 rings (SSSR count). The Hall–Kier alpha value is -3.55. The van der Waals surface area contributed by atoms with Gasteiger partial charge in [-0.1, -0.05) is 41.6 Å². The van der Waals surface area contributed by atoms with Gasteiger partial charge in [0, 0.05) is 40.3 Å². The van der Waals surface area contributed by atoms with E-state index in [0.717, 1.165) is 21.4 Å². The van der Waals surface area contributed by atoms with Crippen molar-refractivity contribution in [3.05, 3.63) is 93.0 Å². The highest BCUT2D eigenvalue weighted by Gasteiger charge is 2.20. The quantitative estimate of drug-likeness (QED) is 0.368. The van der Waals surface area contributed by atoms with Crippen LogP contribution in [0, 0.1) is 13.8 Å². The average Bonchev–Trinajstić information content (AvgIpc) is 3.19. The number of rotatable bonds is 6.